The highest BCUT2D eigenvalue weighted by molar-refractivity contribution is 7.86. The lowest BCUT2D eigenvalue weighted by molar-refractivity contribution is 0.148. The van der Waals surface area contributed by atoms with Gasteiger partial charge in [0.1, 0.15) is 9.79 Å². The van der Waals surface area contributed by atoms with Crippen LogP contribution < -0.4 is 9.47 Å². The minimum atomic E-state index is -4.81. The predicted octanol–water partition coefficient (Wildman–Crippen LogP) is 4.90. The summed E-state index contributed by atoms with van der Waals surface area (Å²) in [6.45, 7) is 0. The number of hydrogen-bond acceptors (Lipinski definition) is 7. The molecule has 0 heterocycles. The van der Waals surface area contributed by atoms with Gasteiger partial charge in [-0.05, 0) is 45.5 Å². The average Bonchev–Trinajstić information content (AvgIpc) is 3.42. The molecular weight excluding hydrogens is 532 g/mol. The number of hydrogen-bond donors (Lipinski definition) is 2. The van der Waals surface area contributed by atoms with Gasteiger partial charge in [-0.1, -0.05) is 60.7 Å². The van der Waals surface area contributed by atoms with Crippen LogP contribution in [0, 0.1) is 0 Å². The van der Waals surface area contributed by atoms with Crippen LogP contribution in [-0.4, -0.2) is 32.1 Å². The van der Waals surface area contributed by atoms with Crippen molar-refractivity contribution in [2.75, 3.05) is 0 Å². The van der Waals surface area contributed by atoms with Gasteiger partial charge in [-0.25, -0.2) is 4.79 Å². The van der Waals surface area contributed by atoms with E-state index in [1.807, 2.05) is 48.5 Å². The van der Waals surface area contributed by atoms with Crippen LogP contribution in [0.3, 0.4) is 0 Å². The van der Waals surface area contributed by atoms with Crippen LogP contribution in [0.5, 0.6) is 11.5 Å². The van der Waals surface area contributed by atoms with Gasteiger partial charge in [-0.2, -0.15) is 16.8 Å². The zero-order valence-corrected chi connectivity index (χ0v) is 21.0. The van der Waals surface area contributed by atoms with Gasteiger partial charge in [0.25, 0.3) is 20.2 Å². The van der Waals surface area contributed by atoms with Crippen LogP contribution >= 0.6 is 0 Å². The first-order chi connectivity index (χ1) is 18.0. The van der Waals surface area contributed by atoms with Gasteiger partial charge in [-0.3, -0.25) is 9.11 Å². The molecule has 0 aromatic heterocycles. The second-order valence-electron chi connectivity index (χ2n) is 8.91. The molecule has 0 radical (unpaired) electrons. The second kappa shape index (κ2) is 8.50. The fourth-order valence-electron chi connectivity index (χ4n) is 5.14. The number of carbonyl (C=O) groups excluding carboxylic acids is 1. The van der Waals surface area contributed by atoms with Crippen molar-refractivity contribution in [2.24, 2.45) is 0 Å². The Kier molecular flexibility index (Phi) is 5.44. The van der Waals surface area contributed by atoms with Gasteiger partial charge in [0.05, 0.1) is 0 Å². The normalized spacial score (nSPS) is 13.3. The van der Waals surface area contributed by atoms with Crippen molar-refractivity contribution in [3.05, 3.63) is 95.1 Å². The monoisotopic (exact) mass is 550 g/mol. The van der Waals surface area contributed by atoms with E-state index in [-0.39, 0.29) is 12.8 Å². The quantitative estimate of drug-likeness (QED) is 0.178. The van der Waals surface area contributed by atoms with Crippen molar-refractivity contribution in [1.82, 2.24) is 0 Å². The Morgan fingerprint density at radius 2 is 0.974 bits per heavy atom. The van der Waals surface area contributed by atoms with Crippen molar-refractivity contribution in [3.63, 3.8) is 0 Å². The Bertz CT molecular complexity index is 1760. The Morgan fingerprint density at radius 3 is 1.37 bits per heavy atom. The third-order valence-electron chi connectivity index (χ3n) is 6.72. The van der Waals surface area contributed by atoms with E-state index in [1.165, 1.54) is 12.1 Å². The molecule has 0 saturated heterocycles. The van der Waals surface area contributed by atoms with Gasteiger partial charge in [0, 0.05) is 24.0 Å². The first-order valence-corrected chi connectivity index (χ1v) is 14.2. The van der Waals surface area contributed by atoms with Crippen LogP contribution in [-0.2, 0) is 33.1 Å². The van der Waals surface area contributed by atoms with E-state index in [0.29, 0.717) is 22.3 Å². The standard InChI is InChI=1S/C27H18O9S2/c28-27(35-25-21-13-15-5-1-3-7-17(15)19(21)9-11-23(25)37(29,30)31)36-26-22-14-16-6-2-4-8-18(16)20(22)10-12-24(26)38(32,33)34/h1-12H,13-14H2,(H,29,30,31)(H,32,33,34). The second-order valence-corrected chi connectivity index (χ2v) is 11.7. The van der Waals surface area contributed by atoms with Crippen molar-refractivity contribution in [3.8, 4) is 33.8 Å². The molecule has 2 aliphatic rings. The molecule has 4 aromatic carbocycles. The fourth-order valence-corrected chi connectivity index (χ4v) is 6.42. The summed E-state index contributed by atoms with van der Waals surface area (Å²) in [6.07, 6.45) is -0.985. The summed E-state index contributed by atoms with van der Waals surface area (Å²) >= 11 is 0. The van der Waals surface area contributed by atoms with Crippen LogP contribution in [0.4, 0.5) is 4.79 Å². The lowest BCUT2D eigenvalue weighted by atomic mass is 10.1. The molecule has 2 N–H and O–H groups in total. The largest absolute Gasteiger partial charge is 0.519 e. The molecule has 0 bridgehead atoms. The summed E-state index contributed by atoms with van der Waals surface area (Å²) in [6, 6.07) is 19.9. The van der Waals surface area contributed by atoms with E-state index in [1.54, 1.807) is 0 Å². The number of benzene rings is 4. The van der Waals surface area contributed by atoms with Crippen LogP contribution in [0.25, 0.3) is 22.3 Å². The number of fused-ring (bicyclic) bond motifs is 6. The zero-order valence-electron chi connectivity index (χ0n) is 19.4. The first-order valence-electron chi connectivity index (χ1n) is 11.4. The van der Waals surface area contributed by atoms with Crippen LogP contribution in [0.2, 0.25) is 0 Å². The van der Waals surface area contributed by atoms with Gasteiger partial charge < -0.3 is 9.47 Å². The Balaban J connectivity index is 1.43. The number of carbonyl (C=O) groups is 1. The van der Waals surface area contributed by atoms with Gasteiger partial charge in [0.15, 0.2) is 11.5 Å². The fraction of sp³-hybridized carbons (Fsp3) is 0.0741. The smallest absolute Gasteiger partial charge is 0.393 e. The summed E-state index contributed by atoms with van der Waals surface area (Å²) in [7, 11) is -9.61. The number of rotatable bonds is 4. The SMILES string of the molecule is O=C(Oc1c(S(=O)(=O)O)ccc2c1Cc1ccccc1-2)Oc1c(S(=O)(=O)O)ccc2c1Cc1ccccc1-2. The molecule has 11 heteroatoms. The van der Waals surface area contributed by atoms with E-state index in [2.05, 4.69) is 0 Å². The van der Waals surface area contributed by atoms with E-state index in [4.69, 9.17) is 9.47 Å². The van der Waals surface area contributed by atoms with E-state index >= 15 is 0 Å². The Labute approximate surface area is 217 Å². The van der Waals surface area contributed by atoms with Gasteiger partial charge in [0.2, 0.25) is 0 Å². The van der Waals surface area contributed by atoms with Crippen molar-refractivity contribution in [2.45, 2.75) is 22.6 Å². The van der Waals surface area contributed by atoms with Crippen molar-refractivity contribution in [1.29, 1.82) is 0 Å². The molecule has 0 aliphatic heterocycles. The van der Waals surface area contributed by atoms with E-state index < -0.39 is 47.7 Å². The van der Waals surface area contributed by atoms with Crippen LogP contribution in [0.1, 0.15) is 22.3 Å². The minimum Gasteiger partial charge on any atom is -0.393 e. The molecule has 0 unspecified atom stereocenters. The zero-order chi connectivity index (χ0) is 26.8. The molecule has 9 nitrogen and oxygen atoms in total. The molecule has 4 aromatic rings. The Morgan fingerprint density at radius 1 is 0.579 bits per heavy atom. The highest BCUT2D eigenvalue weighted by atomic mass is 32.2. The molecule has 0 spiro atoms. The van der Waals surface area contributed by atoms with Crippen LogP contribution in [0.15, 0.2) is 82.6 Å². The van der Waals surface area contributed by atoms with Crippen molar-refractivity contribution < 1.29 is 40.2 Å². The van der Waals surface area contributed by atoms with Gasteiger partial charge >= 0.3 is 6.16 Å². The summed E-state index contributed by atoms with van der Waals surface area (Å²) in [5.74, 6) is -0.842. The Hall–Kier alpha value is -4.03. The molecule has 0 atom stereocenters. The summed E-state index contributed by atoms with van der Waals surface area (Å²) in [4.78, 5) is 11.8. The van der Waals surface area contributed by atoms with Crippen molar-refractivity contribution >= 4 is 26.4 Å². The molecule has 0 saturated carbocycles. The maximum atomic E-state index is 13.1. The molecule has 192 valence electrons. The highest BCUT2D eigenvalue weighted by Gasteiger charge is 2.33. The predicted molar refractivity (Wildman–Crippen MR) is 136 cm³/mol. The molecule has 2 aliphatic carbocycles. The molecule has 38 heavy (non-hydrogen) atoms. The summed E-state index contributed by atoms with van der Waals surface area (Å²) in [5, 5.41) is 0. The first kappa shape index (κ1) is 24.3. The average molecular weight is 551 g/mol. The maximum absolute atomic E-state index is 13.1. The van der Waals surface area contributed by atoms with E-state index in [0.717, 1.165) is 34.4 Å². The topological polar surface area (TPSA) is 144 Å². The number of ether oxygens (including phenoxy) is 2. The van der Waals surface area contributed by atoms with E-state index in [9.17, 15) is 30.7 Å². The highest BCUT2D eigenvalue weighted by Crippen LogP contribution is 2.46. The molecule has 6 rings (SSSR count). The molecule has 0 fully saturated rings. The third-order valence-corrected chi connectivity index (χ3v) is 8.48. The lowest BCUT2D eigenvalue weighted by Gasteiger charge is -2.15. The molecule has 0 amide bonds. The molecular formula is C27H18O9S2. The van der Waals surface area contributed by atoms with Gasteiger partial charge in [-0.15, -0.1) is 0 Å². The maximum Gasteiger partial charge on any atom is 0.519 e. The minimum absolute atomic E-state index is 0.226. The summed E-state index contributed by atoms with van der Waals surface area (Å²) < 4.78 is 79.0. The summed E-state index contributed by atoms with van der Waals surface area (Å²) in [5.41, 5.74) is 5.28. The third kappa shape index (κ3) is 3.96. The lowest BCUT2D eigenvalue weighted by Crippen LogP contribution is -2.19.